The number of likely N-dealkylation sites (N-methyl/N-ethyl adjacent to an activating group) is 2. The summed E-state index contributed by atoms with van der Waals surface area (Å²) >= 11 is 0. The average Bonchev–Trinajstić information content (AvgIpc) is 2.87. The van der Waals surface area contributed by atoms with Crippen LogP contribution in [0.15, 0.2) is 22.8 Å². The molecule has 0 saturated heterocycles. The van der Waals surface area contributed by atoms with E-state index in [-0.39, 0.29) is 12.1 Å². The van der Waals surface area contributed by atoms with Gasteiger partial charge in [0.05, 0.1) is 12.3 Å². The van der Waals surface area contributed by atoms with Gasteiger partial charge in [-0.05, 0) is 46.1 Å². The molecule has 4 heteroatoms. The Morgan fingerprint density at radius 2 is 2.00 bits per heavy atom. The average molecular weight is 267 g/mol. The molecule has 0 aliphatic carbocycles. The van der Waals surface area contributed by atoms with Crippen LogP contribution in [0.5, 0.6) is 0 Å². The maximum atomic E-state index is 6.34. The summed E-state index contributed by atoms with van der Waals surface area (Å²) in [6.07, 6.45) is 2.67. The summed E-state index contributed by atoms with van der Waals surface area (Å²) in [4.78, 5) is 4.65. The van der Waals surface area contributed by atoms with Crippen LogP contribution in [-0.2, 0) is 0 Å². The van der Waals surface area contributed by atoms with Crippen molar-refractivity contribution >= 4 is 0 Å². The fourth-order valence-electron chi connectivity index (χ4n) is 2.72. The van der Waals surface area contributed by atoms with Gasteiger partial charge >= 0.3 is 0 Å². The van der Waals surface area contributed by atoms with Gasteiger partial charge in [0.2, 0.25) is 0 Å². The maximum Gasteiger partial charge on any atom is 0.122 e. The van der Waals surface area contributed by atoms with Gasteiger partial charge in [-0.2, -0.15) is 0 Å². The molecular weight excluding hydrogens is 238 g/mol. The van der Waals surface area contributed by atoms with Gasteiger partial charge in [-0.1, -0.05) is 13.8 Å². The molecule has 19 heavy (non-hydrogen) atoms. The maximum absolute atomic E-state index is 6.34. The second-order valence-electron chi connectivity index (χ2n) is 5.47. The predicted octanol–water partition coefficient (Wildman–Crippen LogP) is 2.33. The molecule has 0 aromatic carbocycles. The standard InChI is InChI=1S/C15H29N3O/c1-6-13(16)15(14-9-8-10-19-14)18(7-2)12(3)11-17(4)5/h8-10,12-13,15H,6-7,11,16H2,1-5H3. The van der Waals surface area contributed by atoms with Crippen LogP contribution in [0.4, 0.5) is 0 Å². The largest absolute Gasteiger partial charge is 0.468 e. The van der Waals surface area contributed by atoms with Crippen LogP contribution in [0.25, 0.3) is 0 Å². The molecule has 0 bridgehead atoms. The van der Waals surface area contributed by atoms with Crippen LogP contribution < -0.4 is 5.73 Å². The number of nitrogens with zero attached hydrogens (tertiary/aromatic N) is 2. The van der Waals surface area contributed by atoms with E-state index in [4.69, 9.17) is 10.2 Å². The van der Waals surface area contributed by atoms with Crippen LogP contribution in [-0.4, -0.2) is 49.1 Å². The molecule has 0 aliphatic rings. The smallest absolute Gasteiger partial charge is 0.122 e. The van der Waals surface area contributed by atoms with Gasteiger partial charge in [0.25, 0.3) is 0 Å². The monoisotopic (exact) mass is 267 g/mol. The zero-order valence-corrected chi connectivity index (χ0v) is 13.0. The van der Waals surface area contributed by atoms with Crippen molar-refractivity contribution in [3.05, 3.63) is 24.2 Å². The van der Waals surface area contributed by atoms with Crippen molar-refractivity contribution in [2.45, 2.75) is 45.3 Å². The number of hydrogen-bond donors (Lipinski definition) is 1. The molecule has 110 valence electrons. The van der Waals surface area contributed by atoms with Crippen molar-refractivity contribution in [1.29, 1.82) is 0 Å². The Kier molecular flexibility index (Phi) is 6.55. The van der Waals surface area contributed by atoms with Crippen LogP contribution in [0.2, 0.25) is 0 Å². The van der Waals surface area contributed by atoms with Crippen LogP contribution >= 0.6 is 0 Å². The molecule has 3 unspecified atom stereocenters. The van der Waals surface area contributed by atoms with Crippen molar-refractivity contribution in [2.24, 2.45) is 5.73 Å². The van der Waals surface area contributed by atoms with Crippen molar-refractivity contribution in [1.82, 2.24) is 9.80 Å². The normalized spacial score (nSPS) is 16.8. The third kappa shape index (κ3) is 4.34. The summed E-state index contributed by atoms with van der Waals surface area (Å²) in [5.74, 6) is 0.974. The van der Waals surface area contributed by atoms with Gasteiger partial charge in [0, 0.05) is 18.6 Å². The summed E-state index contributed by atoms with van der Waals surface area (Å²) in [6, 6.07) is 4.66. The van der Waals surface area contributed by atoms with Crippen molar-refractivity contribution in [3.63, 3.8) is 0 Å². The highest BCUT2D eigenvalue weighted by Gasteiger charge is 2.30. The molecule has 2 N–H and O–H groups in total. The van der Waals surface area contributed by atoms with Gasteiger partial charge in [-0.25, -0.2) is 0 Å². The Morgan fingerprint density at radius 1 is 1.32 bits per heavy atom. The van der Waals surface area contributed by atoms with Crippen LogP contribution in [0, 0.1) is 0 Å². The van der Waals surface area contributed by atoms with E-state index in [0.717, 1.165) is 25.3 Å². The first-order valence-electron chi connectivity index (χ1n) is 7.20. The number of rotatable bonds is 8. The molecule has 0 amide bonds. The number of nitrogens with two attached hydrogens (primary N) is 1. The molecule has 1 heterocycles. The summed E-state index contributed by atoms with van der Waals surface area (Å²) in [7, 11) is 4.21. The fourth-order valence-corrected chi connectivity index (χ4v) is 2.72. The lowest BCUT2D eigenvalue weighted by Crippen LogP contribution is -2.48. The van der Waals surface area contributed by atoms with E-state index in [0.29, 0.717) is 6.04 Å². The fraction of sp³-hybridized carbons (Fsp3) is 0.733. The van der Waals surface area contributed by atoms with E-state index in [9.17, 15) is 0 Å². The molecule has 0 fully saturated rings. The zero-order chi connectivity index (χ0) is 14.4. The van der Waals surface area contributed by atoms with E-state index in [1.165, 1.54) is 0 Å². The summed E-state index contributed by atoms with van der Waals surface area (Å²) in [5.41, 5.74) is 6.34. The van der Waals surface area contributed by atoms with Gasteiger partial charge in [0.15, 0.2) is 0 Å². The molecule has 1 aromatic rings. The first-order chi connectivity index (χ1) is 9.01. The highest BCUT2D eigenvalue weighted by atomic mass is 16.3. The molecule has 0 spiro atoms. The third-order valence-electron chi connectivity index (χ3n) is 3.63. The van der Waals surface area contributed by atoms with Gasteiger partial charge in [0.1, 0.15) is 5.76 Å². The first-order valence-corrected chi connectivity index (χ1v) is 7.20. The van der Waals surface area contributed by atoms with E-state index >= 15 is 0 Å². The van der Waals surface area contributed by atoms with E-state index < -0.39 is 0 Å². The lowest BCUT2D eigenvalue weighted by atomic mass is 10.00. The minimum atomic E-state index is 0.0933. The van der Waals surface area contributed by atoms with Gasteiger partial charge in [-0.3, -0.25) is 4.90 Å². The van der Waals surface area contributed by atoms with E-state index in [1.54, 1.807) is 6.26 Å². The van der Waals surface area contributed by atoms with Gasteiger partial charge < -0.3 is 15.1 Å². The summed E-state index contributed by atoms with van der Waals surface area (Å²) in [6.45, 7) is 8.55. The summed E-state index contributed by atoms with van der Waals surface area (Å²) < 4.78 is 5.62. The number of hydrogen-bond acceptors (Lipinski definition) is 4. The molecular formula is C15H29N3O. The quantitative estimate of drug-likeness (QED) is 0.785. The number of furan rings is 1. The lowest BCUT2D eigenvalue weighted by molar-refractivity contribution is 0.0948. The van der Waals surface area contributed by atoms with E-state index in [1.807, 2.05) is 12.1 Å². The first kappa shape index (κ1) is 16.2. The topological polar surface area (TPSA) is 45.6 Å². The Labute approximate surface area is 117 Å². The lowest BCUT2D eigenvalue weighted by Gasteiger charge is -2.38. The third-order valence-corrected chi connectivity index (χ3v) is 3.63. The zero-order valence-electron chi connectivity index (χ0n) is 13.0. The molecule has 0 aliphatic heterocycles. The molecule has 0 radical (unpaired) electrons. The van der Waals surface area contributed by atoms with Crippen molar-refractivity contribution in [3.8, 4) is 0 Å². The molecule has 1 rings (SSSR count). The Hall–Kier alpha value is -0.840. The van der Waals surface area contributed by atoms with Crippen LogP contribution in [0.3, 0.4) is 0 Å². The summed E-state index contributed by atoms with van der Waals surface area (Å²) in [5, 5.41) is 0. The predicted molar refractivity (Wildman–Crippen MR) is 80.1 cm³/mol. The Balaban J connectivity index is 2.93. The van der Waals surface area contributed by atoms with Crippen molar-refractivity contribution in [2.75, 3.05) is 27.2 Å². The Morgan fingerprint density at radius 3 is 2.42 bits per heavy atom. The van der Waals surface area contributed by atoms with Crippen molar-refractivity contribution < 1.29 is 4.42 Å². The van der Waals surface area contributed by atoms with E-state index in [2.05, 4.69) is 44.7 Å². The molecule has 0 saturated carbocycles. The highest BCUT2D eigenvalue weighted by Crippen LogP contribution is 2.27. The highest BCUT2D eigenvalue weighted by molar-refractivity contribution is 5.08. The van der Waals surface area contributed by atoms with Gasteiger partial charge in [-0.15, -0.1) is 0 Å². The Bertz CT molecular complexity index is 337. The minimum Gasteiger partial charge on any atom is -0.468 e. The van der Waals surface area contributed by atoms with Crippen LogP contribution in [0.1, 0.15) is 39.0 Å². The second kappa shape index (κ2) is 7.68. The minimum absolute atomic E-state index is 0.0933. The second-order valence-corrected chi connectivity index (χ2v) is 5.47. The molecule has 1 aromatic heterocycles. The SMILES string of the molecule is CCC(N)C(c1ccco1)N(CC)C(C)CN(C)C. The molecule has 4 nitrogen and oxygen atoms in total. The molecule has 3 atom stereocenters.